The van der Waals surface area contributed by atoms with Gasteiger partial charge < -0.3 is 44.0 Å². The number of anilines is 1. The van der Waals surface area contributed by atoms with Gasteiger partial charge in [0.2, 0.25) is 0 Å². The van der Waals surface area contributed by atoms with Crippen LogP contribution < -0.4 is 20.1 Å². The Morgan fingerprint density at radius 2 is 1.59 bits per heavy atom. The van der Waals surface area contributed by atoms with Crippen LogP contribution >= 0.6 is 0 Å². The van der Waals surface area contributed by atoms with Gasteiger partial charge in [0.1, 0.15) is 29.4 Å². The molecule has 4 N–H and O–H groups in total. The molecular formula is C41H57N7O8. The van der Waals surface area contributed by atoms with Crippen LogP contribution in [0, 0.1) is 10.8 Å². The molecule has 1 aliphatic rings. The average Bonchev–Trinajstić information content (AvgIpc) is 3.23. The number of amidine groups is 2. The van der Waals surface area contributed by atoms with Gasteiger partial charge in [-0.3, -0.25) is 20.4 Å². The van der Waals surface area contributed by atoms with Gasteiger partial charge in [-0.05, 0) is 74.6 Å². The highest BCUT2D eigenvalue weighted by atomic mass is 16.5. The second-order valence-corrected chi connectivity index (χ2v) is 13.2. The number of amides is 1. The highest BCUT2D eigenvalue weighted by Gasteiger charge is 2.24. The molecule has 0 saturated carbocycles. The summed E-state index contributed by atoms with van der Waals surface area (Å²) in [4.78, 5) is 33.9. The van der Waals surface area contributed by atoms with Crippen LogP contribution in [0.2, 0.25) is 0 Å². The molecule has 3 aromatic rings. The zero-order valence-electron chi connectivity index (χ0n) is 32.7. The molecule has 0 fully saturated rings. The number of carbonyl (C=O) groups excluding carboxylic acids is 2. The van der Waals surface area contributed by atoms with Gasteiger partial charge in [-0.15, -0.1) is 0 Å². The summed E-state index contributed by atoms with van der Waals surface area (Å²) in [6, 6.07) is 14.3. The first-order valence-electron chi connectivity index (χ1n) is 19.4. The van der Waals surface area contributed by atoms with E-state index in [0.717, 1.165) is 62.0 Å². The van der Waals surface area contributed by atoms with Crippen LogP contribution in [0.3, 0.4) is 0 Å². The number of esters is 1. The van der Waals surface area contributed by atoms with Crippen molar-refractivity contribution in [2.75, 3.05) is 78.9 Å². The van der Waals surface area contributed by atoms with E-state index in [0.29, 0.717) is 82.6 Å². The molecule has 0 bridgehead atoms. The van der Waals surface area contributed by atoms with Crippen LogP contribution in [0.1, 0.15) is 85.4 Å². The number of likely N-dealkylation sites (N-methyl/N-ethyl adjacent to an activating group) is 1. The molecule has 0 saturated heterocycles. The van der Waals surface area contributed by atoms with E-state index < -0.39 is 0 Å². The molecule has 1 atom stereocenters. The summed E-state index contributed by atoms with van der Waals surface area (Å²) in [5, 5.41) is 23.1. The van der Waals surface area contributed by atoms with Crippen molar-refractivity contribution < 1.29 is 38.0 Å². The molecule has 15 nitrogen and oxygen atoms in total. The van der Waals surface area contributed by atoms with Gasteiger partial charge in [-0.25, -0.2) is 9.97 Å². The quantitative estimate of drug-likeness (QED) is 0.0333. The number of carbonyl (C=O) groups is 2. The fraction of sp³-hybridized carbons (Fsp3) is 0.512. The van der Waals surface area contributed by atoms with E-state index >= 15 is 0 Å². The molecule has 0 radical (unpaired) electrons. The third kappa shape index (κ3) is 15.6. The Morgan fingerprint density at radius 3 is 2.30 bits per heavy atom. The number of fused-ring (bicyclic) bond motifs is 1. The van der Waals surface area contributed by atoms with E-state index in [2.05, 4.69) is 25.3 Å². The van der Waals surface area contributed by atoms with Crippen molar-refractivity contribution in [1.29, 1.82) is 10.8 Å². The molecular weight excluding hydrogens is 718 g/mol. The number of nitrogens with one attached hydrogen (secondary N) is 4. The van der Waals surface area contributed by atoms with E-state index in [4.69, 9.17) is 34.5 Å². The number of unbranched alkanes of at least 4 members (excludes halogenated alkanes) is 5. The Kier molecular flexibility index (Phi) is 19.6. The van der Waals surface area contributed by atoms with Crippen LogP contribution in [0.4, 0.5) is 5.69 Å². The third-order valence-corrected chi connectivity index (χ3v) is 9.07. The number of aromatic nitrogens is 2. The van der Waals surface area contributed by atoms with Gasteiger partial charge >= 0.3 is 5.97 Å². The van der Waals surface area contributed by atoms with E-state index in [1.165, 1.54) is 18.3 Å². The summed E-state index contributed by atoms with van der Waals surface area (Å²) in [5.41, 5.74) is 2.48. The number of hydrogen-bond acceptors (Lipinski definition) is 13. The van der Waals surface area contributed by atoms with Crippen LogP contribution in [0.25, 0.3) is 0 Å². The molecule has 56 heavy (non-hydrogen) atoms. The lowest BCUT2D eigenvalue weighted by Gasteiger charge is -2.27. The zero-order valence-corrected chi connectivity index (χ0v) is 32.7. The number of methoxy groups -OCH3 is 1. The Hall–Kier alpha value is -5.12. The minimum atomic E-state index is -0.235. The van der Waals surface area contributed by atoms with Crippen molar-refractivity contribution in [3.63, 3.8) is 0 Å². The molecule has 1 unspecified atom stereocenters. The zero-order chi connectivity index (χ0) is 39.8. The average molecular weight is 776 g/mol. The topological polar surface area (TPSA) is 190 Å². The van der Waals surface area contributed by atoms with Crippen LogP contribution in [-0.4, -0.2) is 112 Å². The Labute approximate surface area is 329 Å². The standard InChI is InChI=1S/C41H57N7O8/c1-48(40(43)36-16-18-44-30-46-36)38(42)29-45-32-12-10-11-31(27-32)41(50)47-35-17-22-56-37-15-14-33(28-34(35)37)55-21-9-4-3-7-19-52-23-25-54-26-24-53-20-8-5-6-13-39(49)51-2/h10-12,14-16,18,27-28,30,35,42-43,45H,3-9,13,17,19-26,29H2,1-2H3,(H,47,50). The predicted molar refractivity (Wildman–Crippen MR) is 213 cm³/mol. The lowest BCUT2D eigenvalue weighted by Crippen LogP contribution is -2.37. The van der Waals surface area contributed by atoms with Gasteiger partial charge in [0.15, 0.2) is 5.84 Å². The van der Waals surface area contributed by atoms with Crippen molar-refractivity contribution in [3.8, 4) is 11.5 Å². The minimum Gasteiger partial charge on any atom is -0.494 e. The van der Waals surface area contributed by atoms with Crippen molar-refractivity contribution in [2.45, 2.75) is 63.8 Å². The van der Waals surface area contributed by atoms with Crippen LogP contribution in [-0.2, 0) is 23.7 Å². The molecule has 15 heteroatoms. The van der Waals surface area contributed by atoms with Crippen molar-refractivity contribution in [2.24, 2.45) is 0 Å². The number of ether oxygens (including phenoxy) is 6. The SMILES string of the molecule is COC(=O)CCCCCOCCOCCOCCCCCCOc1ccc2c(c1)C(NC(=O)c1cccc(NCC(=N)N(C)C(=N)c3ccncn3)c1)CCO2. The van der Waals surface area contributed by atoms with Crippen LogP contribution in [0.5, 0.6) is 11.5 Å². The first-order chi connectivity index (χ1) is 27.4. The van der Waals surface area contributed by atoms with Gasteiger partial charge in [-0.2, -0.15) is 0 Å². The molecule has 0 aliphatic carbocycles. The molecule has 2 heterocycles. The smallest absolute Gasteiger partial charge is 0.305 e. The van der Waals surface area contributed by atoms with E-state index in [1.54, 1.807) is 37.5 Å². The third-order valence-electron chi connectivity index (χ3n) is 9.07. The lowest BCUT2D eigenvalue weighted by molar-refractivity contribution is -0.140. The van der Waals surface area contributed by atoms with Gasteiger partial charge in [-0.1, -0.05) is 18.9 Å². The Balaban J connectivity index is 1.07. The van der Waals surface area contributed by atoms with Gasteiger partial charge in [0.05, 0.1) is 59.3 Å². The second-order valence-electron chi connectivity index (χ2n) is 13.2. The fourth-order valence-electron chi connectivity index (χ4n) is 5.81. The number of hydrogen-bond donors (Lipinski definition) is 4. The highest BCUT2D eigenvalue weighted by Crippen LogP contribution is 2.35. The van der Waals surface area contributed by atoms with Crippen molar-refractivity contribution in [1.82, 2.24) is 20.2 Å². The molecule has 2 aromatic carbocycles. The highest BCUT2D eigenvalue weighted by molar-refractivity contribution is 6.06. The lowest BCUT2D eigenvalue weighted by atomic mass is 9.99. The maximum absolute atomic E-state index is 13.4. The van der Waals surface area contributed by atoms with E-state index in [9.17, 15) is 9.59 Å². The Bertz CT molecular complexity index is 1660. The number of nitrogens with zero attached hydrogens (tertiary/aromatic N) is 3. The minimum absolute atomic E-state index is 0.0890. The van der Waals surface area contributed by atoms with Gasteiger partial charge in [0, 0.05) is 56.1 Å². The molecule has 1 aromatic heterocycles. The maximum atomic E-state index is 13.4. The monoisotopic (exact) mass is 775 g/mol. The second kappa shape index (κ2) is 25.1. The summed E-state index contributed by atoms with van der Waals surface area (Å²) in [6.07, 6.45) is 10.7. The molecule has 1 amide bonds. The van der Waals surface area contributed by atoms with Crippen molar-refractivity contribution >= 4 is 29.2 Å². The molecule has 304 valence electrons. The van der Waals surface area contributed by atoms with Crippen LogP contribution in [0.15, 0.2) is 61.1 Å². The largest absolute Gasteiger partial charge is 0.494 e. The maximum Gasteiger partial charge on any atom is 0.305 e. The van der Waals surface area contributed by atoms with E-state index in [-0.39, 0.29) is 36.1 Å². The summed E-state index contributed by atoms with van der Waals surface area (Å²) >= 11 is 0. The summed E-state index contributed by atoms with van der Waals surface area (Å²) in [6.45, 7) is 4.81. The summed E-state index contributed by atoms with van der Waals surface area (Å²) < 4.78 is 33.4. The number of benzene rings is 2. The van der Waals surface area contributed by atoms with Gasteiger partial charge in [0.25, 0.3) is 5.91 Å². The normalized spacial score (nSPS) is 13.2. The predicted octanol–water partition coefficient (Wildman–Crippen LogP) is 5.80. The molecule has 0 spiro atoms. The molecule has 4 rings (SSSR count). The first-order valence-corrected chi connectivity index (χ1v) is 19.4. The molecule has 1 aliphatic heterocycles. The Morgan fingerprint density at radius 1 is 0.875 bits per heavy atom. The number of rotatable bonds is 26. The first kappa shape index (κ1) is 43.6. The van der Waals surface area contributed by atoms with E-state index in [1.807, 2.05) is 24.3 Å². The fourth-order valence-corrected chi connectivity index (χ4v) is 5.81. The summed E-state index contributed by atoms with van der Waals surface area (Å²) in [7, 11) is 3.05. The van der Waals surface area contributed by atoms with Crippen molar-refractivity contribution in [3.05, 3.63) is 77.9 Å². The summed E-state index contributed by atoms with van der Waals surface area (Å²) in [5.74, 6) is 1.35.